The Bertz CT molecular complexity index is 684. The summed E-state index contributed by atoms with van der Waals surface area (Å²) in [6.45, 7) is 2.22. The third-order valence-corrected chi connectivity index (χ3v) is 4.19. The highest BCUT2D eigenvalue weighted by Crippen LogP contribution is 2.23. The monoisotopic (exact) mass is 390 g/mol. The molecule has 0 atom stereocenters. The van der Waals surface area contributed by atoms with Gasteiger partial charge in [-0.15, -0.1) is 0 Å². The van der Waals surface area contributed by atoms with Gasteiger partial charge in [0.2, 0.25) is 0 Å². The smallest absolute Gasteiger partial charge is 0.137 e. The number of aromatic nitrogens is 1. The minimum absolute atomic E-state index is 0.142. The number of aliphatic hydroxyl groups excluding tert-OH is 1. The third kappa shape index (κ3) is 5.65. The van der Waals surface area contributed by atoms with E-state index in [1.54, 1.807) is 13.3 Å². The van der Waals surface area contributed by atoms with E-state index >= 15 is 0 Å². The van der Waals surface area contributed by atoms with Crippen LogP contribution in [0.1, 0.15) is 24.1 Å². The molecule has 1 heterocycles. The van der Waals surface area contributed by atoms with Crippen molar-refractivity contribution in [3.8, 4) is 5.75 Å². The molecule has 0 aliphatic carbocycles. The zero-order valence-electron chi connectivity index (χ0n) is 14.1. The summed E-state index contributed by atoms with van der Waals surface area (Å²) in [5, 5.41) is 12.6. The summed E-state index contributed by atoms with van der Waals surface area (Å²) in [6.07, 6.45) is 6.06. The van der Waals surface area contributed by atoms with Crippen LogP contribution in [0.3, 0.4) is 0 Å². The van der Waals surface area contributed by atoms with Crippen molar-refractivity contribution >= 4 is 21.6 Å². The molecule has 0 aliphatic rings. The topological polar surface area (TPSA) is 54.4 Å². The molecule has 5 heteroatoms. The number of halogens is 1. The molecule has 4 nitrogen and oxygen atoms in total. The second kappa shape index (κ2) is 9.45. The van der Waals surface area contributed by atoms with E-state index in [2.05, 4.69) is 45.3 Å². The number of pyridine rings is 1. The predicted molar refractivity (Wildman–Crippen MR) is 101 cm³/mol. The molecule has 0 unspecified atom stereocenters. The minimum Gasteiger partial charge on any atom is -0.495 e. The molecular formula is C19H23BrN2O2. The van der Waals surface area contributed by atoms with Crippen LogP contribution in [0.25, 0.3) is 0 Å². The number of allylic oxidation sites excluding steroid dienone is 1. The van der Waals surface area contributed by atoms with Crippen LogP contribution in [0, 0.1) is 6.92 Å². The highest BCUT2D eigenvalue weighted by Gasteiger charge is 2.05. The van der Waals surface area contributed by atoms with E-state index in [9.17, 15) is 0 Å². The fourth-order valence-corrected chi connectivity index (χ4v) is 2.66. The third-order valence-electron chi connectivity index (χ3n) is 3.70. The molecule has 24 heavy (non-hydrogen) atoms. The Balaban J connectivity index is 2.06. The fourth-order valence-electron chi connectivity index (χ4n) is 2.30. The number of methoxy groups -OCH3 is 1. The maximum Gasteiger partial charge on any atom is 0.137 e. The molecule has 128 valence electrons. The first-order chi connectivity index (χ1) is 11.6. The number of nitrogens with zero attached hydrogens (tertiary/aromatic N) is 1. The van der Waals surface area contributed by atoms with Gasteiger partial charge in [0.25, 0.3) is 0 Å². The predicted octanol–water partition coefficient (Wildman–Crippen LogP) is 4.47. The van der Waals surface area contributed by atoms with Crippen LogP contribution in [0.2, 0.25) is 0 Å². The molecule has 1 aromatic heterocycles. The van der Waals surface area contributed by atoms with Gasteiger partial charge < -0.3 is 15.2 Å². The van der Waals surface area contributed by atoms with Crippen molar-refractivity contribution in [1.82, 2.24) is 4.98 Å². The van der Waals surface area contributed by atoms with Crippen molar-refractivity contribution in [1.29, 1.82) is 0 Å². The van der Waals surface area contributed by atoms with E-state index < -0.39 is 0 Å². The molecule has 2 aromatic rings. The molecule has 0 amide bonds. The molecule has 1 aromatic carbocycles. The number of aryl methyl sites for hydroxylation is 2. The normalized spacial score (nSPS) is 11.4. The molecule has 0 aliphatic heterocycles. The molecular weight excluding hydrogens is 368 g/mol. The van der Waals surface area contributed by atoms with E-state index in [-0.39, 0.29) is 6.61 Å². The number of nitrogens with one attached hydrogen (secondary N) is 1. The number of anilines is 1. The summed E-state index contributed by atoms with van der Waals surface area (Å²) in [5.41, 5.74) is 4.34. The van der Waals surface area contributed by atoms with Crippen LogP contribution >= 0.6 is 15.9 Å². The van der Waals surface area contributed by atoms with E-state index in [0.29, 0.717) is 6.42 Å². The first kappa shape index (κ1) is 18.5. The highest BCUT2D eigenvalue weighted by atomic mass is 79.9. The quantitative estimate of drug-likeness (QED) is 0.697. The van der Waals surface area contributed by atoms with Crippen molar-refractivity contribution in [2.75, 3.05) is 19.0 Å². The molecule has 2 N–H and O–H groups in total. The lowest BCUT2D eigenvalue weighted by Gasteiger charge is -2.14. The van der Waals surface area contributed by atoms with Gasteiger partial charge in [-0.1, -0.05) is 28.1 Å². The Kier molecular flexibility index (Phi) is 7.28. The lowest BCUT2D eigenvalue weighted by atomic mass is 10.1. The average molecular weight is 391 g/mol. The van der Waals surface area contributed by atoms with E-state index in [0.717, 1.165) is 40.1 Å². The molecule has 0 radical (unpaired) electrons. The van der Waals surface area contributed by atoms with Crippen LogP contribution in [0.15, 0.2) is 52.8 Å². The summed E-state index contributed by atoms with van der Waals surface area (Å²) in [5.74, 6) is 0.762. The summed E-state index contributed by atoms with van der Waals surface area (Å²) in [4.78, 5) is 4.40. The number of hydrogen-bond acceptors (Lipinski definition) is 4. The number of hydrogen-bond donors (Lipinski definition) is 2. The summed E-state index contributed by atoms with van der Waals surface area (Å²) in [7, 11) is 1.64. The first-order valence-corrected chi connectivity index (χ1v) is 8.73. The Labute approximate surface area is 151 Å². The second-order valence-corrected chi connectivity index (χ2v) is 6.43. The Morgan fingerprint density at radius 3 is 2.83 bits per heavy atom. The minimum atomic E-state index is 0.142. The van der Waals surface area contributed by atoms with Crippen LogP contribution in [0.4, 0.5) is 5.69 Å². The van der Waals surface area contributed by atoms with Gasteiger partial charge in [-0.3, -0.25) is 4.98 Å². The van der Waals surface area contributed by atoms with Crippen molar-refractivity contribution in [3.05, 3.63) is 64.0 Å². The summed E-state index contributed by atoms with van der Waals surface area (Å²) < 4.78 is 6.17. The van der Waals surface area contributed by atoms with E-state index in [4.69, 9.17) is 9.84 Å². The zero-order chi connectivity index (χ0) is 17.4. The average Bonchev–Trinajstić information content (AvgIpc) is 2.60. The van der Waals surface area contributed by atoms with Crippen LogP contribution in [-0.4, -0.2) is 23.8 Å². The number of ether oxygens (including phenoxy) is 1. The molecule has 0 saturated carbocycles. The van der Waals surface area contributed by atoms with Crippen LogP contribution in [0.5, 0.6) is 5.75 Å². The van der Waals surface area contributed by atoms with Crippen LogP contribution < -0.4 is 10.1 Å². The fraction of sp³-hybridized carbons (Fsp3) is 0.316. The van der Waals surface area contributed by atoms with Gasteiger partial charge in [0.05, 0.1) is 13.3 Å². The van der Waals surface area contributed by atoms with Gasteiger partial charge >= 0.3 is 0 Å². The zero-order valence-corrected chi connectivity index (χ0v) is 15.6. The maximum absolute atomic E-state index is 9.12. The van der Waals surface area contributed by atoms with E-state index in [1.165, 1.54) is 5.56 Å². The van der Waals surface area contributed by atoms with Gasteiger partial charge in [-0.25, -0.2) is 0 Å². The van der Waals surface area contributed by atoms with Gasteiger partial charge in [0.1, 0.15) is 5.75 Å². The second-order valence-electron chi connectivity index (χ2n) is 5.52. The van der Waals surface area contributed by atoms with E-state index in [1.807, 2.05) is 24.3 Å². The number of aliphatic hydroxyl groups is 1. The van der Waals surface area contributed by atoms with Crippen molar-refractivity contribution in [2.45, 2.75) is 26.2 Å². The Hall–Kier alpha value is -1.85. The largest absolute Gasteiger partial charge is 0.495 e. The van der Waals surface area contributed by atoms with Crippen molar-refractivity contribution < 1.29 is 9.84 Å². The standard InChI is InChI=1S/C19H23BrN2O2/c1-14-5-6-15(20)12-19(14)22-17(4-3-11-23)8-7-16-9-10-18(24-2)13-21-16/h4-6,9-10,12-13,22-23H,3,7-8,11H2,1-2H3/b17-4+. The first-order valence-electron chi connectivity index (χ1n) is 7.94. The van der Waals surface area contributed by atoms with Gasteiger partial charge in [-0.05, 0) is 56.0 Å². The van der Waals surface area contributed by atoms with Crippen molar-refractivity contribution in [2.24, 2.45) is 0 Å². The maximum atomic E-state index is 9.12. The van der Waals surface area contributed by atoms with Crippen molar-refractivity contribution in [3.63, 3.8) is 0 Å². The molecule has 0 bridgehead atoms. The highest BCUT2D eigenvalue weighted by molar-refractivity contribution is 9.10. The Morgan fingerprint density at radius 1 is 1.33 bits per heavy atom. The summed E-state index contributed by atoms with van der Waals surface area (Å²) in [6, 6.07) is 10.1. The molecule has 0 spiro atoms. The molecule has 0 saturated heterocycles. The van der Waals surface area contributed by atoms with Gasteiger partial charge in [-0.2, -0.15) is 0 Å². The molecule has 0 fully saturated rings. The van der Waals surface area contributed by atoms with Gasteiger partial charge in [0.15, 0.2) is 0 Å². The lowest BCUT2D eigenvalue weighted by Crippen LogP contribution is -2.04. The number of benzene rings is 1. The number of rotatable bonds is 8. The van der Waals surface area contributed by atoms with Gasteiger partial charge in [0, 0.05) is 28.2 Å². The SMILES string of the molecule is COc1ccc(CC/C(=C\CCO)Nc2cc(Br)ccc2C)nc1. The summed E-state index contributed by atoms with van der Waals surface area (Å²) >= 11 is 3.51. The lowest BCUT2D eigenvalue weighted by molar-refractivity contribution is 0.302. The Morgan fingerprint density at radius 2 is 2.17 bits per heavy atom. The molecule has 2 rings (SSSR count). The van der Waals surface area contributed by atoms with Crippen LogP contribution in [-0.2, 0) is 6.42 Å².